The summed E-state index contributed by atoms with van der Waals surface area (Å²) in [4.78, 5) is 14.0. The monoisotopic (exact) mass is 327 g/mol. The van der Waals surface area contributed by atoms with E-state index in [1.165, 1.54) is 30.5 Å². The molecule has 0 saturated carbocycles. The number of hydrazone groups is 1. The summed E-state index contributed by atoms with van der Waals surface area (Å²) in [6, 6.07) is 11.2. The predicted molar refractivity (Wildman–Crippen MR) is 94.8 cm³/mol. The van der Waals surface area contributed by atoms with Crippen molar-refractivity contribution in [3.63, 3.8) is 0 Å². The van der Waals surface area contributed by atoms with Gasteiger partial charge in [0.1, 0.15) is 11.5 Å². The van der Waals surface area contributed by atoms with Crippen LogP contribution in [0, 0.1) is 0 Å². The highest BCUT2D eigenvalue weighted by molar-refractivity contribution is 5.95. The third kappa shape index (κ3) is 4.25. The van der Waals surface area contributed by atoms with Crippen molar-refractivity contribution in [2.45, 2.75) is 13.8 Å². The molecule has 126 valence electrons. The van der Waals surface area contributed by atoms with Crippen LogP contribution in [0.4, 0.5) is 5.69 Å². The maximum Gasteiger partial charge on any atom is 0.271 e. The van der Waals surface area contributed by atoms with E-state index in [0.29, 0.717) is 11.1 Å². The van der Waals surface area contributed by atoms with Crippen LogP contribution in [0.3, 0.4) is 0 Å². The fourth-order valence-corrected chi connectivity index (χ4v) is 2.26. The Hall–Kier alpha value is -3.02. The zero-order valence-corrected chi connectivity index (χ0v) is 13.7. The topological polar surface area (TPSA) is 85.2 Å². The number of carbonyl (C=O) groups is 1. The molecule has 0 atom stereocenters. The summed E-state index contributed by atoms with van der Waals surface area (Å²) in [5, 5.41) is 23.1. The van der Waals surface area contributed by atoms with E-state index in [9.17, 15) is 15.0 Å². The highest BCUT2D eigenvalue weighted by atomic mass is 16.3. The fourth-order valence-electron chi connectivity index (χ4n) is 2.26. The van der Waals surface area contributed by atoms with Crippen LogP contribution in [0.5, 0.6) is 11.5 Å². The minimum Gasteiger partial charge on any atom is -0.508 e. The first-order valence-corrected chi connectivity index (χ1v) is 7.75. The van der Waals surface area contributed by atoms with Gasteiger partial charge in [-0.2, -0.15) is 5.10 Å². The smallest absolute Gasteiger partial charge is 0.271 e. The molecule has 1 amide bonds. The van der Waals surface area contributed by atoms with Crippen LogP contribution >= 0.6 is 0 Å². The fraction of sp³-hybridized carbons (Fsp3) is 0.222. The second kappa shape index (κ2) is 8.01. The lowest BCUT2D eigenvalue weighted by Gasteiger charge is -2.21. The molecule has 0 fully saturated rings. The summed E-state index contributed by atoms with van der Waals surface area (Å²) >= 11 is 0. The largest absolute Gasteiger partial charge is 0.508 e. The average Bonchev–Trinajstić information content (AvgIpc) is 2.58. The third-order valence-electron chi connectivity index (χ3n) is 3.64. The molecule has 2 aromatic carbocycles. The number of nitrogens with one attached hydrogen (secondary N) is 1. The first kappa shape index (κ1) is 17.3. The van der Waals surface area contributed by atoms with Crippen molar-refractivity contribution in [3.05, 3.63) is 53.6 Å². The number of amides is 1. The molecule has 0 aliphatic rings. The Labute approximate surface area is 141 Å². The molecule has 2 rings (SSSR count). The van der Waals surface area contributed by atoms with E-state index >= 15 is 0 Å². The molecule has 0 unspecified atom stereocenters. The first-order chi connectivity index (χ1) is 11.5. The van der Waals surface area contributed by atoms with E-state index in [1.54, 1.807) is 12.1 Å². The SMILES string of the molecule is CCN(CC)c1ccc(/C=N/NC(=O)c2ccc(O)cc2)c(O)c1. The lowest BCUT2D eigenvalue weighted by Crippen LogP contribution is -2.21. The average molecular weight is 327 g/mol. The van der Waals surface area contributed by atoms with Crippen LogP contribution < -0.4 is 10.3 Å². The molecular formula is C18H21N3O3. The van der Waals surface area contributed by atoms with Gasteiger partial charge in [-0.3, -0.25) is 4.79 Å². The molecule has 2 aromatic rings. The molecule has 6 nitrogen and oxygen atoms in total. The van der Waals surface area contributed by atoms with Crippen LogP contribution in [-0.2, 0) is 0 Å². The summed E-state index contributed by atoms with van der Waals surface area (Å²) < 4.78 is 0. The van der Waals surface area contributed by atoms with Crippen molar-refractivity contribution in [1.82, 2.24) is 5.43 Å². The molecule has 0 saturated heterocycles. The Morgan fingerprint density at radius 3 is 2.38 bits per heavy atom. The van der Waals surface area contributed by atoms with Crippen LogP contribution in [-0.4, -0.2) is 35.4 Å². The molecule has 0 aliphatic heterocycles. The van der Waals surface area contributed by atoms with Crippen molar-refractivity contribution >= 4 is 17.8 Å². The minimum absolute atomic E-state index is 0.0910. The predicted octanol–water partition coefficient (Wildman–Crippen LogP) is 2.71. The molecule has 0 radical (unpaired) electrons. The van der Waals surface area contributed by atoms with Gasteiger partial charge in [-0.25, -0.2) is 5.43 Å². The van der Waals surface area contributed by atoms with E-state index in [1.807, 2.05) is 6.07 Å². The van der Waals surface area contributed by atoms with Crippen LogP contribution in [0.1, 0.15) is 29.8 Å². The Balaban J connectivity index is 2.03. The number of anilines is 1. The summed E-state index contributed by atoms with van der Waals surface area (Å²) in [6.45, 7) is 5.81. The van der Waals surface area contributed by atoms with Gasteiger partial charge in [0, 0.05) is 36.0 Å². The Morgan fingerprint density at radius 2 is 1.79 bits per heavy atom. The number of carbonyl (C=O) groups excluding carboxylic acids is 1. The van der Waals surface area contributed by atoms with E-state index in [0.717, 1.165) is 18.8 Å². The highest BCUT2D eigenvalue weighted by Gasteiger charge is 2.06. The van der Waals surface area contributed by atoms with Gasteiger partial charge < -0.3 is 15.1 Å². The van der Waals surface area contributed by atoms with E-state index in [4.69, 9.17) is 0 Å². The molecule has 3 N–H and O–H groups in total. The molecule has 0 heterocycles. The van der Waals surface area contributed by atoms with Gasteiger partial charge in [0.25, 0.3) is 5.91 Å². The highest BCUT2D eigenvalue weighted by Crippen LogP contribution is 2.23. The summed E-state index contributed by atoms with van der Waals surface area (Å²) in [5.74, 6) is -0.208. The Morgan fingerprint density at radius 1 is 1.12 bits per heavy atom. The summed E-state index contributed by atoms with van der Waals surface area (Å²) in [5.41, 5.74) is 4.21. The number of nitrogens with zero attached hydrogens (tertiary/aromatic N) is 2. The van der Waals surface area contributed by atoms with Gasteiger partial charge in [0.05, 0.1) is 6.21 Å². The normalized spacial score (nSPS) is 10.8. The minimum atomic E-state index is -0.398. The number of rotatable bonds is 6. The van der Waals surface area contributed by atoms with Gasteiger partial charge in [0.2, 0.25) is 0 Å². The van der Waals surface area contributed by atoms with Gasteiger partial charge >= 0.3 is 0 Å². The number of phenols is 2. The van der Waals surface area contributed by atoms with E-state index < -0.39 is 5.91 Å². The van der Waals surface area contributed by atoms with E-state index in [-0.39, 0.29) is 11.5 Å². The Bertz CT molecular complexity index is 723. The third-order valence-corrected chi connectivity index (χ3v) is 3.64. The van der Waals surface area contributed by atoms with Crippen molar-refractivity contribution in [2.24, 2.45) is 5.10 Å². The van der Waals surface area contributed by atoms with Gasteiger partial charge in [-0.15, -0.1) is 0 Å². The number of hydrogen-bond acceptors (Lipinski definition) is 5. The van der Waals surface area contributed by atoms with Gasteiger partial charge in [0.15, 0.2) is 0 Å². The summed E-state index contributed by atoms with van der Waals surface area (Å²) in [7, 11) is 0. The molecular weight excluding hydrogens is 306 g/mol. The quantitative estimate of drug-likeness (QED) is 0.562. The number of phenolic OH excluding ortho intramolecular Hbond substituents is 2. The van der Waals surface area contributed by atoms with Crippen LogP contribution in [0.25, 0.3) is 0 Å². The maximum absolute atomic E-state index is 11.9. The zero-order chi connectivity index (χ0) is 17.5. The standard InChI is InChI=1S/C18H21N3O3/c1-3-21(4-2)15-8-5-14(17(23)11-15)12-19-20-18(24)13-6-9-16(22)10-7-13/h5-12,22-23H,3-4H2,1-2H3,(H,20,24)/b19-12+. The second-order valence-electron chi connectivity index (χ2n) is 5.16. The number of benzene rings is 2. The molecule has 6 heteroatoms. The first-order valence-electron chi connectivity index (χ1n) is 7.75. The van der Waals surface area contributed by atoms with Crippen LogP contribution in [0.15, 0.2) is 47.6 Å². The van der Waals surface area contributed by atoms with Crippen molar-refractivity contribution < 1.29 is 15.0 Å². The molecule has 0 bridgehead atoms. The van der Waals surface area contributed by atoms with Gasteiger partial charge in [-0.1, -0.05) is 0 Å². The Kier molecular flexibility index (Phi) is 5.78. The molecule has 0 spiro atoms. The van der Waals surface area contributed by atoms with Crippen molar-refractivity contribution in [2.75, 3.05) is 18.0 Å². The zero-order valence-electron chi connectivity index (χ0n) is 13.7. The lowest BCUT2D eigenvalue weighted by atomic mass is 10.2. The second-order valence-corrected chi connectivity index (χ2v) is 5.16. The van der Waals surface area contributed by atoms with Gasteiger partial charge in [-0.05, 0) is 50.2 Å². The molecule has 0 aromatic heterocycles. The van der Waals surface area contributed by atoms with Crippen LogP contribution in [0.2, 0.25) is 0 Å². The van der Waals surface area contributed by atoms with E-state index in [2.05, 4.69) is 29.3 Å². The summed E-state index contributed by atoms with van der Waals surface area (Å²) in [6.07, 6.45) is 1.39. The number of hydrogen-bond donors (Lipinski definition) is 3. The molecule has 24 heavy (non-hydrogen) atoms. The molecule has 0 aliphatic carbocycles. The maximum atomic E-state index is 11.9. The lowest BCUT2D eigenvalue weighted by molar-refractivity contribution is 0.0955. The van der Waals surface area contributed by atoms with Crippen molar-refractivity contribution in [1.29, 1.82) is 0 Å². The number of aromatic hydroxyl groups is 2. The van der Waals surface area contributed by atoms with Crippen molar-refractivity contribution in [3.8, 4) is 11.5 Å².